The van der Waals surface area contributed by atoms with Gasteiger partial charge in [0.2, 0.25) is 0 Å². The molecule has 0 bridgehead atoms. The number of rotatable bonds is 3. The highest BCUT2D eigenvalue weighted by atomic mass is 16.5. The van der Waals surface area contributed by atoms with Crippen LogP contribution < -0.4 is 4.74 Å². The van der Waals surface area contributed by atoms with E-state index in [1.807, 2.05) is 19.9 Å². The molecule has 0 N–H and O–H groups in total. The normalized spacial score (nSPS) is 16.5. The Kier molecular flexibility index (Phi) is 2.86. The molecule has 17 heavy (non-hydrogen) atoms. The lowest BCUT2D eigenvalue weighted by atomic mass is 9.90. The number of benzene rings is 1. The van der Waals surface area contributed by atoms with Crippen molar-refractivity contribution >= 4 is 5.97 Å². The first kappa shape index (κ1) is 12.0. The van der Waals surface area contributed by atoms with E-state index < -0.39 is 5.41 Å². The van der Waals surface area contributed by atoms with Crippen molar-refractivity contribution in [1.82, 2.24) is 0 Å². The van der Waals surface area contributed by atoms with Crippen LogP contribution in [0.3, 0.4) is 0 Å². The lowest BCUT2D eigenvalue weighted by Crippen LogP contribution is -2.23. The predicted molar refractivity (Wildman–Crippen MR) is 65.4 cm³/mol. The Hall–Kier alpha value is -1.51. The number of ether oxygens (including phenoxy) is 2. The third-order valence-corrected chi connectivity index (χ3v) is 3.58. The minimum absolute atomic E-state index is 0.120. The van der Waals surface area contributed by atoms with Gasteiger partial charge >= 0.3 is 5.97 Å². The van der Waals surface area contributed by atoms with E-state index in [9.17, 15) is 4.79 Å². The molecule has 1 aliphatic rings. The van der Waals surface area contributed by atoms with E-state index >= 15 is 0 Å². The Labute approximate surface area is 102 Å². The lowest BCUT2D eigenvalue weighted by Gasteiger charge is -2.18. The summed E-state index contributed by atoms with van der Waals surface area (Å²) >= 11 is 0. The van der Waals surface area contributed by atoms with Crippen LogP contribution in [0.5, 0.6) is 5.75 Å². The van der Waals surface area contributed by atoms with Gasteiger partial charge in [-0.25, -0.2) is 0 Å². The van der Waals surface area contributed by atoms with Crippen molar-refractivity contribution in [3.05, 3.63) is 28.8 Å². The van der Waals surface area contributed by atoms with Crippen LogP contribution in [0.2, 0.25) is 0 Å². The fourth-order valence-electron chi connectivity index (χ4n) is 2.43. The third-order valence-electron chi connectivity index (χ3n) is 3.58. The molecule has 1 fully saturated rings. The number of carbonyl (C=O) groups is 1. The largest absolute Gasteiger partial charge is 0.496 e. The molecule has 3 heteroatoms. The highest BCUT2D eigenvalue weighted by Crippen LogP contribution is 2.51. The number of aryl methyl sites for hydroxylation is 2. The van der Waals surface area contributed by atoms with Crippen LogP contribution in [-0.2, 0) is 14.9 Å². The number of carbonyl (C=O) groups excluding carboxylic acids is 1. The monoisotopic (exact) mass is 234 g/mol. The fourth-order valence-corrected chi connectivity index (χ4v) is 2.43. The zero-order valence-corrected chi connectivity index (χ0v) is 10.8. The van der Waals surface area contributed by atoms with E-state index in [2.05, 4.69) is 6.07 Å². The van der Waals surface area contributed by atoms with Crippen molar-refractivity contribution in [1.29, 1.82) is 0 Å². The van der Waals surface area contributed by atoms with Gasteiger partial charge in [-0.2, -0.15) is 0 Å². The number of hydrogen-bond donors (Lipinski definition) is 0. The molecule has 0 radical (unpaired) electrons. The highest BCUT2D eigenvalue weighted by molar-refractivity contribution is 5.87. The van der Waals surface area contributed by atoms with Gasteiger partial charge < -0.3 is 9.47 Å². The summed E-state index contributed by atoms with van der Waals surface area (Å²) in [6.45, 7) is 4.01. The number of hydrogen-bond acceptors (Lipinski definition) is 3. The molecule has 1 aromatic rings. The van der Waals surface area contributed by atoms with Crippen LogP contribution in [0.15, 0.2) is 12.1 Å². The van der Waals surface area contributed by atoms with E-state index in [1.165, 1.54) is 7.11 Å². The summed E-state index contributed by atoms with van der Waals surface area (Å²) in [5.41, 5.74) is 2.84. The van der Waals surface area contributed by atoms with E-state index in [-0.39, 0.29) is 5.97 Å². The molecule has 0 aromatic heterocycles. The van der Waals surface area contributed by atoms with Crippen molar-refractivity contribution < 1.29 is 14.3 Å². The molecule has 3 nitrogen and oxygen atoms in total. The molecule has 0 atom stereocenters. The van der Waals surface area contributed by atoms with Gasteiger partial charge in [-0.05, 0) is 49.4 Å². The number of esters is 1. The first-order valence-corrected chi connectivity index (χ1v) is 5.79. The summed E-state index contributed by atoms with van der Waals surface area (Å²) in [4.78, 5) is 11.9. The van der Waals surface area contributed by atoms with Crippen LogP contribution in [0.1, 0.15) is 29.5 Å². The second kappa shape index (κ2) is 4.06. The molecule has 0 unspecified atom stereocenters. The van der Waals surface area contributed by atoms with Crippen LogP contribution in [0.4, 0.5) is 0 Å². The van der Waals surface area contributed by atoms with Gasteiger partial charge in [0, 0.05) is 0 Å². The maximum Gasteiger partial charge on any atom is 0.316 e. The van der Waals surface area contributed by atoms with Gasteiger partial charge in [0.25, 0.3) is 0 Å². The van der Waals surface area contributed by atoms with Crippen molar-refractivity contribution in [2.75, 3.05) is 14.2 Å². The molecular formula is C14H18O3. The Morgan fingerprint density at radius 2 is 1.82 bits per heavy atom. The minimum Gasteiger partial charge on any atom is -0.496 e. The smallest absolute Gasteiger partial charge is 0.316 e. The first-order valence-electron chi connectivity index (χ1n) is 5.79. The van der Waals surface area contributed by atoms with Gasteiger partial charge in [-0.15, -0.1) is 0 Å². The van der Waals surface area contributed by atoms with Crippen LogP contribution in [0.25, 0.3) is 0 Å². The van der Waals surface area contributed by atoms with Gasteiger partial charge in [-0.1, -0.05) is 6.07 Å². The fraction of sp³-hybridized carbons (Fsp3) is 0.500. The second-order valence-corrected chi connectivity index (χ2v) is 4.71. The second-order valence-electron chi connectivity index (χ2n) is 4.71. The quantitative estimate of drug-likeness (QED) is 0.754. The molecule has 0 aliphatic heterocycles. The predicted octanol–water partition coefficient (Wildman–Crippen LogP) is 2.52. The molecule has 0 amide bonds. The zero-order valence-electron chi connectivity index (χ0n) is 10.8. The molecule has 92 valence electrons. The van der Waals surface area contributed by atoms with E-state index in [0.717, 1.165) is 35.3 Å². The van der Waals surface area contributed by atoms with Crippen LogP contribution >= 0.6 is 0 Å². The maximum atomic E-state index is 11.9. The Morgan fingerprint density at radius 1 is 1.18 bits per heavy atom. The molecule has 1 aliphatic carbocycles. The van der Waals surface area contributed by atoms with Crippen molar-refractivity contribution in [2.24, 2.45) is 0 Å². The lowest BCUT2D eigenvalue weighted by molar-refractivity contribution is -0.143. The molecule has 0 spiro atoms. The van der Waals surface area contributed by atoms with E-state index in [0.29, 0.717) is 0 Å². The highest BCUT2D eigenvalue weighted by Gasteiger charge is 2.53. The molecular weight excluding hydrogens is 216 g/mol. The van der Waals surface area contributed by atoms with E-state index in [1.54, 1.807) is 7.11 Å². The SMILES string of the molecule is COC(=O)C1(c2cc(C)c(OC)cc2C)CC1. The van der Waals surface area contributed by atoms with Gasteiger partial charge in [0.15, 0.2) is 0 Å². The minimum atomic E-state index is -0.393. The standard InChI is InChI=1S/C14H18O3/c1-9-8-12(16-3)10(2)7-11(9)14(5-6-14)13(15)17-4/h7-8H,5-6H2,1-4H3. The van der Waals surface area contributed by atoms with Crippen LogP contribution in [0, 0.1) is 13.8 Å². The summed E-state index contributed by atoms with van der Waals surface area (Å²) in [6.07, 6.45) is 1.76. The zero-order chi connectivity index (χ0) is 12.6. The van der Waals surface area contributed by atoms with Crippen molar-refractivity contribution in [2.45, 2.75) is 32.1 Å². The molecule has 1 saturated carbocycles. The maximum absolute atomic E-state index is 11.9. The first-order chi connectivity index (χ1) is 8.05. The Balaban J connectivity index is 2.47. The molecule has 0 heterocycles. The van der Waals surface area contributed by atoms with Crippen molar-refractivity contribution in [3.63, 3.8) is 0 Å². The summed E-state index contributed by atoms with van der Waals surface area (Å²) in [7, 11) is 3.11. The van der Waals surface area contributed by atoms with Gasteiger partial charge in [0.05, 0.1) is 19.6 Å². The summed E-state index contributed by atoms with van der Waals surface area (Å²) < 4.78 is 10.2. The molecule has 0 saturated heterocycles. The number of methoxy groups -OCH3 is 2. The average molecular weight is 234 g/mol. The Morgan fingerprint density at radius 3 is 2.29 bits per heavy atom. The molecule has 1 aromatic carbocycles. The summed E-state index contributed by atoms with van der Waals surface area (Å²) in [5.74, 6) is 0.747. The topological polar surface area (TPSA) is 35.5 Å². The van der Waals surface area contributed by atoms with Crippen LogP contribution in [-0.4, -0.2) is 20.2 Å². The summed E-state index contributed by atoms with van der Waals surface area (Å²) in [5, 5.41) is 0. The van der Waals surface area contributed by atoms with Crippen molar-refractivity contribution in [3.8, 4) is 5.75 Å². The van der Waals surface area contributed by atoms with E-state index in [4.69, 9.17) is 9.47 Å². The van der Waals surface area contributed by atoms with Gasteiger partial charge in [0.1, 0.15) is 5.75 Å². The summed E-state index contributed by atoms with van der Waals surface area (Å²) in [6, 6.07) is 4.05. The third kappa shape index (κ3) is 1.79. The molecule has 2 rings (SSSR count). The van der Waals surface area contributed by atoms with Gasteiger partial charge in [-0.3, -0.25) is 4.79 Å². The average Bonchev–Trinajstić information content (AvgIpc) is 3.11. The Bertz CT molecular complexity index is 459.